The van der Waals surface area contributed by atoms with Crippen LogP contribution in [-0.2, 0) is 9.53 Å². The van der Waals surface area contributed by atoms with E-state index in [1.54, 1.807) is 6.92 Å². The van der Waals surface area contributed by atoms with E-state index in [2.05, 4.69) is 61.6 Å². The summed E-state index contributed by atoms with van der Waals surface area (Å²) in [5.74, 6) is 1.14. The van der Waals surface area contributed by atoms with Gasteiger partial charge in [-0.3, -0.25) is 4.79 Å². The molecule has 0 bridgehead atoms. The van der Waals surface area contributed by atoms with Gasteiger partial charge in [-0.15, -0.1) is 0 Å². The minimum Gasteiger partial charge on any atom is -0.370 e. The average molecular weight is 351 g/mol. The van der Waals surface area contributed by atoms with E-state index in [1.807, 2.05) is 0 Å². The molecule has 3 heteroatoms. The molecule has 138 valence electrons. The van der Waals surface area contributed by atoms with Crippen LogP contribution in [0.4, 0.5) is 0 Å². The van der Waals surface area contributed by atoms with Crippen LogP contribution < -0.4 is 5.32 Å². The number of rotatable bonds is 2. The Balaban J connectivity index is 1.73. The third kappa shape index (κ3) is 3.14. The molecule has 2 fully saturated rings. The summed E-state index contributed by atoms with van der Waals surface area (Å²) in [6.45, 7) is 6.17. The average Bonchev–Trinajstić information content (AvgIpc) is 2.59. The zero-order chi connectivity index (χ0) is 18.3. The monoisotopic (exact) mass is 351 g/mol. The number of benzene rings is 2. The summed E-state index contributed by atoms with van der Waals surface area (Å²) in [5, 5.41) is 5.80. The summed E-state index contributed by atoms with van der Waals surface area (Å²) in [7, 11) is 0. The van der Waals surface area contributed by atoms with E-state index in [-0.39, 0.29) is 23.7 Å². The topological polar surface area (TPSA) is 38.3 Å². The minimum atomic E-state index is -0.212. The zero-order valence-corrected chi connectivity index (χ0v) is 16.0. The minimum absolute atomic E-state index is 0.0181. The standard InChI is InChI=1S/C23H29NO2/c1-15-11-12-20-21(13-15)26-22(14-23(20,3)24-16(2)25)19-10-6-8-17-7-4-5-9-18(17)19/h4-10,15,20-22H,11-14H2,1-3H3,(H,24,25)/t15-,20-,21-,22-,23+/m1/s1. The van der Waals surface area contributed by atoms with Gasteiger partial charge in [-0.2, -0.15) is 0 Å². The van der Waals surface area contributed by atoms with Gasteiger partial charge in [0.05, 0.1) is 12.2 Å². The van der Waals surface area contributed by atoms with Gasteiger partial charge < -0.3 is 10.1 Å². The maximum atomic E-state index is 12.0. The molecule has 0 spiro atoms. The van der Waals surface area contributed by atoms with Crippen LogP contribution in [0.2, 0.25) is 0 Å². The number of carbonyl (C=O) groups is 1. The number of amides is 1. The van der Waals surface area contributed by atoms with E-state index < -0.39 is 0 Å². The molecule has 1 aliphatic heterocycles. The van der Waals surface area contributed by atoms with E-state index in [4.69, 9.17) is 4.74 Å². The van der Waals surface area contributed by atoms with Gasteiger partial charge in [0, 0.05) is 24.8 Å². The Morgan fingerprint density at radius 2 is 1.92 bits per heavy atom. The number of carbonyl (C=O) groups excluding carboxylic acids is 1. The molecule has 26 heavy (non-hydrogen) atoms. The first-order chi connectivity index (χ1) is 12.5. The first-order valence-electron chi connectivity index (χ1n) is 9.88. The van der Waals surface area contributed by atoms with E-state index in [9.17, 15) is 4.79 Å². The van der Waals surface area contributed by atoms with Crippen molar-refractivity contribution in [3.05, 3.63) is 48.0 Å². The highest BCUT2D eigenvalue weighted by Crippen LogP contribution is 2.48. The molecule has 1 saturated heterocycles. The van der Waals surface area contributed by atoms with Crippen LogP contribution in [0, 0.1) is 11.8 Å². The second-order valence-corrected chi connectivity index (χ2v) is 8.56. The van der Waals surface area contributed by atoms with Crippen molar-refractivity contribution in [1.82, 2.24) is 5.32 Å². The van der Waals surface area contributed by atoms with E-state index in [1.165, 1.54) is 22.8 Å². The van der Waals surface area contributed by atoms with Crippen molar-refractivity contribution in [3.8, 4) is 0 Å². The van der Waals surface area contributed by atoms with Gasteiger partial charge in [-0.25, -0.2) is 0 Å². The summed E-state index contributed by atoms with van der Waals surface area (Å²) in [5.41, 5.74) is 1.03. The first kappa shape index (κ1) is 17.5. The van der Waals surface area contributed by atoms with Crippen LogP contribution in [-0.4, -0.2) is 17.6 Å². The Kier molecular flexibility index (Phi) is 4.52. The van der Waals surface area contributed by atoms with Crippen LogP contribution in [0.1, 0.15) is 58.1 Å². The Morgan fingerprint density at radius 3 is 2.73 bits per heavy atom. The summed E-state index contributed by atoms with van der Waals surface area (Å²) in [4.78, 5) is 12.0. The van der Waals surface area contributed by atoms with Crippen LogP contribution >= 0.6 is 0 Å². The Bertz CT molecular complexity index is 811. The Labute approximate surface area is 156 Å². The third-order valence-corrected chi connectivity index (χ3v) is 6.45. The lowest BCUT2D eigenvalue weighted by Gasteiger charge is -2.52. The van der Waals surface area contributed by atoms with Gasteiger partial charge in [-0.05, 0) is 42.0 Å². The molecule has 1 amide bonds. The summed E-state index contributed by atoms with van der Waals surface area (Å²) < 4.78 is 6.68. The number of hydrogen-bond donors (Lipinski definition) is 1. The normalized spacial score (nSPS) is 34.3. The Morgan fingerprint density at radius 1 is 1.15 bits per heavy atom. The second-order valence-electron chi connectivity index (χ2n) is 8.56. The maximum absolute atomic E-state index is 12.0. The lowest BCUT2D eigenvalue weighted by atomic mass is 9.66. The summed E-state index contributed by atoms with van der Waals surface area (Å²) in [6, 6.07) is 15.0. The second kappa shape index (κ2) is 6.70. The van der Waals surface area contributed by atoms with E-state index in [0.717, 1.165) is 19.3 Å². The van der Waals surface area contributed by atoms with Gasteiger partial charge in [0.2, 0.25) is 5.91 Å². The lowest BCUT2D eigenvalue weighted by molar-refractivity contribution is -0.152. The van der Waals surface area contributed by atoms with Crippen LogP contribution in [0.25, 0.3) is 10.8 Å². The van der Waals surface area contributed by atoms with E-state index in [0.29, 0.717) is 11.8 Å². The van der Waals surface area contributed by atoms with Gasteiger partial charge in [0.25, 0.3) is 0 Å². The predicted octanol–water partition coefficient (Wildman–Crippen LogP) is 5.00. The molecule has 2 aromatic rings. The van der Waals surface area contributed by atoms with Gasteiger partial charge >= 0.3 is 0 Å². The summed E-state index contributed by atoms with van der Waals surface area (Å²) >= 11 is 0. The smallest absolute Gasteiger partial charge is 0.217 e. The van der Waals surface area contributed by atoms with Crippen LogP contribution in [0.15, 0.2) is 42.5 Å². The molecule has 4 rings (SSSR count). The fourth-order valence-electron chi connectivity index (χ4n) is 5.26. The molecule has 1 saturated carbocycles. The first-order valence-corrected chi connectivity index (χ1v) is 9.88. The molecule has 2 aliphatic rings. The molecule has 5 atom stereocenters. The van der Waals surface area contributed by atoms with Crippen molar-refractivity contribution in [2.45, 2.75) is 64.2 Å². The highest BCUT2D eigenvalue weighted by molar-refractivity contribution is 5.86. The molecule has 2 aromatic carbocycles. The third-order valence-electron chi connectivity index (χ3n) is 6.45. The van der Waals surface area contributed by atoms with E-state index >= 15 is 0 Å². The van der Waals surface area contributed by atoms with Gasteiger partial charge in [0.1, 0.15) is 0 Å². The zero-order valence-electron chi connectivity index (χ0n) is 16.0. The molecular formula is C23H29NO2. The number of fused-ring (bicyclic) bond motifs is 2. The fourth-order valence-corrected chi connectivity index (χ4v) is 5.26. The number of hydrogen-bond acceptors (Lipinski definition) is 2. The molecule has 3 nitrogen and oxygen atoms in total. The largest absolute Gasteiger partial charge is 0.370 e. The molecular weight excluding hydrogens is 322 g/mol. The van der Waals surface area contributed by atoms with Crippen molar-refractivity contribution in [2.24, 2.45) is 11.8 Å². The SMILES string of the molecule is CC(=O)N[C@@]1(C)C[C@H](c2cccc3ccccc23)O[C@@H]2C[C@H](C)CC[C@H]21. The van der Waals surface area contributed by atoms with Crippen LogP contribution in [0.5, 0.6) is 0 Å². The predicted molar refractivity (Wildman–Crippen MR) is 105 cm³/mol. The van der Waals surface area contributed by atoms with Crippen molar-refractivity contribution < 1.29 is 9.53 Å². The molecule has 0 unspecified atom stereocenters. The van der Waals surface area contributed by atoms with Gasteiger partial charge in [0.15, 0.2) is 0 Å². The van der Waals surface area contributed by atoms with Crippen molar-refractivity contribution in [3.63, 3.8) is 0 Å². The quantitative estimate of drug-likeness (QED) is 0.827. The highest BCUT2D eigenvalue weighted by Gasteiger charge is 2.49. The van der Waals surface area contributed by atoms with Crippen LogP contribution in [0.3, 0.4) is 0 Å². The highest BCUT2D eigenvalue weighted by atomic mass is 16.5. The lowest BCUT2D eigenvalue weighted by Crippen LogP contribution is -2.60. The molecule has 0 aromatic heterocycles. The molecule has 0 radical (unpaired) electrons. The summed E-state index contributed by atoms with van der Waals surface area (Å²) in [6.07, 6.45) is 4.50. The van der Waals surface area contributed by atoms with Crippen molar-refractivity contribution >= 4 is 16.7 Å². The van der Waals surface area contributed by atoms with Crippen molar-refractivity contribution in [2.75, 3.05) is 0 Å². The van der Waals surface area contributed by atoms with Crippen molar-refractivity contribution in [1.29, 1.82) is 0 Å². The number of ether oxygens (including phenoxy) is 1. The van der Waals surface area contributed by atoms with Gasteiger partial charge in [-0.1, -0.05) is 55.8 Å². The molecule has 1 N–H and O–H groups in total. The number of nitrogens with one attached hydrogen (secondary N) is 1. The Hall–Kier alpha value is -1.87. The molecule has 1 aliphatic carbocycles. The molecule has 1 heterocycles. The fraction of sp³-hybridized carbons (Fsp3) is 0.522. The maximum Gasteiger partial charge on any atom is 0.217 e.